The fourth-order valence-electron chi connectivity index (χ4n) is 2.51. The lowest BCUT2D eigenvalue weighted by atomic mass is 9.97. The molecule has 1 aliphatic rings. The van der Waals surface area contributed by atoms with Crippen LogP contribution in [0.5, 0.6) is 0 Å². The van der Waals surface area contributed by atoms with E-state index in [0.717, 1.165) is 18.5 Å². The van der Waals surface area contributed by atoms with Crippen molar-refractivity contribution in [1.82, 2.24) is 15.2 Å². The maximum atomic E-state index is 12.3. The zero-order chi connectivity index (χ0) is 16.9. The smallest absolute Gasteiger partial charge is 0.410 e. The molecular weight excluding hydrogens is 294 g/mol. The van der Waals surface area contributed by atoms with E-state index < -0.39 is 5.60 Å². The summed E-state index contributed by atoms with van der Waals surface area (Å²) in [5.74, 6) is -0.233. The molecule has 0 unspecified atom stereocenters. The van der Waals surface area contributed by atoms with Gasteiger partial charge in [-0.2, -0.15) is 0 Å². The van der Waals surface area contributed by atoms with Crippen LogP contribution in [0.3, 0.4) is 0 Å². The van der Waals surface area contributed by atoms with E-state index in [0.29, 0.717) is 19.6 Å². The molecule has 6 heteroatoms. The normalized spacial score (nSPS) is 18.4. The highest BCUT2D eigenvalue weighted by molar-refractivity contribution is 5.80. The number of piperidine rings is 1. The summed E-state index contributed by atoms with van der Waals surface area (Å²) in [4.78, 5) is 30.2. The fourth-order valence-corrected chi connectivity index (χ4v) is 2.51. The summed E-state index contributed by atoms with van der Waals surface area (Å²) in [5, 5.41) is 2.90. The average molecular weight is 319 g/mol. The molecule has 0 aromatic carbocycles. The molecule has 1 aromatic rings. The topological polar surface area (TPSA) is 71.5 Å². The van der Waals surface area contributed by atoms with E-state index in [1.807, 2.05) is 39.0 Å². The Morgan fingerprint density at radius 1 is 1.39 bits per heavy atom. The molecule has 23 heavy (non-hydrogen) atoms. The van der Waals surface area contributed by atoms with E-state index in [1.54, 1.807) is 11.1 Å². The largest absolute Gasteiger partial charge is 0.444 e. The maximum absolute atomic E-state index is 12.3. The minimum absolute atomic E-state index is 0.0380. The third kappa shape index (κ3) is 5.54. The van der Waals surface area contributed by atoms with Crippen LogP contribution in [-0.4, -0.2) is 40.6 Å². The summed E-state index contributed by atoms with van der Waals surface area (Å²) in [6, 6.07) is 5.60. The van der Waals surface area contributed by atoms with Crippen molar-refractivity contribution in [1.29, 1.82) is 0 Å². The van der Waals surface area contributed by atoms with Crippen LogP contribution in [0.4, 0.5) is 4.79 Å². The lowest BCUT2D eigenvalue weighted by Crippen LogP contribution is -2.46. The number of carbonyl (C=O) groups excluding carboxylic acids is 2. The van der Waals surface area contributed by atoms with Crippen LogP contribution >= 0.6 is 0 Å². The van der Waals surface area contributed by atoms with Crippen LogP contribution in [0.2, 0.25) is 0 Å². The summed E-state index contributed by atoms with van der Waals surface area (Å²) >= 11 is 0. The molecule has 2 amide bonds. The molecule has 1 fully saturated rings. The molecule has 1 aromatic heterocycles. The highest BCUT2D eigenvalue weighted by Crippen LogP contribution is 2.19. The highest BCUT2D eigenvalue weighted by atomic mass is 16.6. The van der Waals surface area contributed by atoms with Crippen molar-refractivity contribution < 1.29 is 14.3 Å². The van der Waals surface area contributed by atoms with Crippen molar-refractivity contribution in [2.24, 2.45) is 5.92 Å². The van der Waals surface area contributed by atoms with Crippen LogP contribution in [0.15, 0.2) is 24.4 Å². The first kappa shape index (κ1) is 17.2. The number of hydrogen-bond acceptors (Lipinski definition) is 4. The third-order valence-corrected chi connectivity index (χ3v) is 3.61. The Kier molecular flexibility index (Phi) is 5.58. The van der Waals surface area contributed by atoms with Gasteiger partial charge in [0.1, 0.15) is 5.60 Å². The standard InChI is InChI=1S/C17H25N3O3/c1-17(2,3)23-16(22)20-10-6-7-13(12-20)15(21)19-11-14-8-4-5-9-18-14/h4-5,8-9,13H,6-7,10-12H2,1-3H3,(H,19,21)/t13-/m1/s1. The van der Waals surface area contributed by atoms with E-state index in [2.05, 4.69) is 10.3 Å². The van der Waals surface area contributed by atoms with Gasteiger partial charge in [0.25, 0.3) is 0 Å². The number of hydrogen-bond donors (Lipinski definition) is 1. The van der Waals surface area contributed by atoms with Crippen molar-refractivity contribution in [3.05, 3.63) is 30.1 Å². The van der Waals surface area contributed by atoms with E-state index in [4.69, 9.17) is 4.74 Å². The summed E-state index contributed by atoms with van der Waals surface area (Å²) < 4.78 is 5.38. The number of nitrogens with one attached hydrogen (secondary N) is 1. The Hall–Kier alpha value is -2.11. The summed E-state index contributed by atoms with van der Waals surface area (Å²) in [6.07, 6.45) is 2.94. The average Bonchev–Trinajstić information content (AvgIpc) is 2.52. The van der Waals surface area contributed by atoms with Crippen molar-refractivity contribution in [3.63, 3.8) is 0 Å². The van der Waals surface area contributed by atoms with Gasteiger partial charge in [0, 0.05) is 19.3 Å². The van der Waals surface area contributed by atoms with E-state index in [9.17, 15) is 9.59 Å². The molecule has 0 radical (unpaired) electrons. The third-order valence-electron chi connectivity index (χ3n) is 3.61. The number of pyridine rings is 1. The second-order valence-electron chi connectivity index (χ2n) is 6.80. The Morgan fingerprint density at radius 3 is 2.83 bits per heavy atom. The predicted molar refractivity (Wildman–Crippen MR) is 86.6 cm³/mol. The molecule has 1 saturated heterocycles. The number of likely N-dealkylation sites (tertiary alicyclic amines) is 1. The van der Waals surface area contributed by atoms with Gasteiger partial charge in [0.05, 0.1) is 18.2 Å². The predicted octanol–water partition coefficient (Wildman–Crippen LogP) is 2.34. The molecule has 0 spiro atoms. The van der Waals surface area contributed by atoms with Gasteiger partial charge in [-0.25, -0.2) is 4.79 Å². The van der Waals surface area contributed by atoms with Crippen molar-refractivity contribution in [3.8, 4) is 0 Å². The number of amides is 2. The van der Waals surface area contributed by atoms with Crippen LogP contribution < -0.4 is 5.32 Å². The van der Waals surface area contributed by atoms with Crippen molar-refractivity contribution in [2.45, 2.75) is 45.8 Å². The molecule has 0 aliphatic carbocycles. The first-order chi connectivity index (χ1) is 10.8. The maximum Gasteiger partial charge on any atom is 0.410 e. The van der Waals surface area contributed by atoms with Gasteiger partial charge >= 0.3 is 6.09 Å². The zero-order valence-electron chi connectivity index (χ0n) is 14.0. The molecule has 1 N–H and O–H groups in total. The quantitative estimate of drug-likeness (QED) is 0.928. The number of ether oxygens (including phenoxy) is 1. The SMILES string of the molecule is CC(C)(C)OC(=O)N1CCC[C@@H](C(=O)NCc2ccccn2)C1. The van der Waals surface area contributed by atoms with Gasteiger partial charge in [0.2, 0.25) is 5.91 Å². The molecule has 6 nitrogen and oxygen atoms in total. The first-order valence-electron chi connectivity index (χ1n) is 8.01. The highest BCUT2D eigenvalue weighted by Gasteiger charge is 2.30. The summed E-state index contributed by atoms with van der Waals surface area (Å²) in [7, 11) is 0. The second-order valence-corrected chi connectivity index (χ2v) is 6.80. The van der Waals surface area contributed by atoms with Crippen LogP contribution in [0.1, 0.15) is 39.3 Å². The first-order valence-corrected chi connectivity index (χ1v) is 8.01. The van der Waals surface area contributed by atoms with Crippen LogP contribution in [0.25, 0.3) is 0 Å². The molecule has 1 aliphatic heterocycles. The van der Waals surface area contributed by atoms with Crippen LogP contribution in [0, 0.1) is 5.92 Å². The minimum Gasteiger partial charge on any atom is -0.444 e. The number of rotatable bonds is 3. The van der Waals surface area contributed by atoms with Gasteiger partial charge in [0.15, 0.2) is 0 Å². The molecule has 0 saturated carbocycles. The Morgan fingerprint density at radius 2 is 2.17 bits per heavy atom. The molecular formula is C17H25N3O3. The molecule has 1 atom stereocenters. The Labute approximate surface area is 137 Å². The molecule has 126 valence electrons. The Balaban J connectivity index is 1.85. The van der Waals surface area contributed by atoms with E-state index in [1.165, 1.54) is 0 Å². The second kappa shape index (κ2) is 7.44. The van der Waals surface area contributed by atoms with E-state index >= 15 is 0 Å². The minimum atomic E-state index is -0.523. The number of nitrogens with zero attached hydrogens (tertiary/aromatic N) is 2. The number of carbonyl (C=O) groups is 2. The molecule has 2 heterocycles. The molecule has 0 bridgehead atoms. The summed E-state index contributed by atoms with van der Waals surface area (Å²) in [5.41, 5.74) is 0.297. The Bertz CT molecular complexity index is 540. The lowest BCUT2D eigenvalue weighted by molar-refractivity contribution is -0.126. The fraction of sp³-hybridized carbons (Fsp3) is 0.588. The van der Waals surface area contributed by atoms with Gasteiger partial charge in [-0.1, -0.05) is 6.07 Å². The van der Waals surface area contributed by atoms with Crippen LogP contribution in [-0.2, 0) is 16.1 Å². The van der Waals surface area contributed by atoms with Gasteiger partial charge in [-0.05, 0) is 45.7 Å². The lowest BCUT2D eigenvalue weighted by Gasteiger charge is -2.33. The van der Waals surface area contributed by atoms with E-state index in [-0.39, 0.29) is 17.9 Å². The monoisotopic (exact) mass is 319 g/mol. The van der Waals surface area contributed by atoms with Crippen molar-refractivity contribution >= 4 is 12.0 Å². The van der Waals surface area contributed by atoms with Gasteiger partial charge in [-0.3, -0.25) is 9.78 Å². The molecule has 2 rings (SSSR count). The zero-order valence-corrected chi connectivity index (χ0v) is 14.0. The van der Waals surface area contributed by atoms with Gasteiger partial charge in [-0.15, -0.1) is 0 Å². The van der Waals surface area contributed by atoms with Gasteiger partial charge < -0.3 is 15.0 Å². The summed E-state index contributed by atoms with van der Waals surface area (Å²) in [6.45, 7) is 6.97. The number of aromatic nitrogens is 1. The van der Waals surface area contributed by atoms with Crippen molar-refractivity contribution in [2.75, 3.05) is 13.1 Å².